The molecule has 1 N–H and O–H groups in total. The molecule has 9 heteroatoms. The zero-order chi connectivity index (χ0) is 22.2. The fourth-order valence-corrected chi connectivity index (χ4v) is 4.62. The number of alkyl halides is 3. The van der Waals surface area contributed by atoms with Gasteiger partial charge in [-0.25, -0.2) is 14.6 Å². The molecule has 0 aromatic carbocycles. The van der Waals surface area contributed by atoms with Crippen LogP contribution < -0.4 is 5.32 Å². The van der Waals surface area contributed by atoms with Gasteiger partial charge in [0, 0.05) is 43.0 Å². The third kappa shape index (κ3) is 4.71. The number of halogens is 3. The third-order valence-electron chi connectivity index (χ3n) is 6.46. The Morgan fingerprint density at radius 2 is 1.94 bits per heavy atom. The lowest BCUT2D eigenvalue weighted by atomic mass is 9.94. The predicted molar refractivity (Wildman–Crippen MR) is 113 cm³/mol. The second-order valence-electron chi connectivity index (χ2n) is 9.03. The maximum absolute atomic E-state index is 13.8. The molecule has 0 unspecified atom stereocenters. The minimum Gasteiger partial charge on any atom is -0.367 e. The summed E-state index contributed by atoms with van der Waals surface area (Å²) in [6.45, 7) is 7.47. The monoisotopic (exact) mass is 436 g/mol. The molecule has 31 heavy (non-hydrogen) atoms. The van der Waals surface area contributed by atoms with Gasteiger partial charge < -0.3 is 5.32 Å². The van der Waals surface area contributed by atoms with E-state index in [-0.39, 0.29) is 24.4 Å². The summed E-state index contributed by atoms with van der Waals surface area (Å²) in [5.74, 6) is 1.39. The van der Waals surface area contributed by atoms with Crippen LogP contribution in [0, 0.1) is 5.92 Å². The maximum atomic E-state index is 13.8. The lowest BCUT2D eigenvalue weighted by Gasteiger charge is -2.35. The molecule has 2 aliphatic rings. The Morgan fingerprint density at radius 1 is 1.19 bits per heavy atom. The summed E-state index contributed by atoms with van der Waals surface area (Å²) in [7, 11) is 0. The number of anilines is 1. The van der Waals surface area contributed by atoms with E-state index in [9.17, 15) is 13.2 Å². The second kappa shape index (κ2) is 8.76. The molecule has 1 saturated heterocycles. The molecule has 4 rings (SSSR count). The molecule has 0 spiro atoms. The lowest BCUT2D eigenvalue weighted by molar-refractivity contribution is -0.174. The van der Waals surface area contributed by atoms with Crippen LogP contribution >= 0.6 is 0 Å². The molecule has 3 atom stereocenters. The molecule has 2 aromatic rings. The summed E-state index contributed by atoms with van der Waals surface area (Å²) in [4.78, 5) is 11.1. The first-order valence-corrected chi connectivity index (χ1v) is 11.2. The van der Waals surface area contributed by atoms with E-state index >= 15 is 0 Å². The summed E-state index contributed by atoms with van der Waals surface area (Å²) < 4.78 is 42.6. The molecule has 2 aromatic heterocycles. The van der Waals surface area contributed by atoms with Crippen molar-refractivity contribution in [2.75, 3.05) is 11.9 Å². The number of fused-ring (bicyclic) bond motifs is 1. The van der Waals surface area contributed by atoms with Gasteiger partial charge in [-0.05, 0) is 31.7 Å². The van der Waals surface area contributed by atoms with E-state index in [4.69, 9.17) is 0 Å². The predicted octanol–water partition coefficient (Wildman–Crippen LogP) is 4.91. The first-order valence-electron chi connectivity index (χ1n) is 11.2. The zero-order valence-corrected chi connectivity index (χ0v) is 18.4. The average molecular weight is 437 g/mol. The Morgan fingerprint density at radius 3 is 2.58 bits per heavy atom. The Balaban J connectivity index is 1.60. The number of hydrogen-bond acceptors (Lipinski definition) is 5. The fraction of sp³-hybridized carbons (Fsp3) is 0.682. The Labute approximate surface area is 181 Å². The van der Waals surface area contributed by atoms with E-state index in [1.54, 1.807) is 0 Å². The molecule has 0 saturated carbocycles. The highest BCUT2D eigenvalue weighted by molar-refractivity contribution is 5.42. The van der Waals surface area contributed by atoms with Crippen LogP contribution in [-0.4, -0.2) is 43.4 Å². The highest BCUT2D eigenvalue weighted by Gasteiger charge is 2.47. The van der Waals surface area contributed by atoms with E-state index in [1.807, 2.05) is 39.2 Å². The largest absolute Gasteiger partial charge is 0.410 e. The third-order valence-corrected chi connectivity index (χ3v) is 6.46. The summed E-state index contributed by atoms with van der Waals surface area (Å²) >= 11 is 0. The average Bonchev–Trinajstić information content (AvgIpc) is 3.17. The maximum Gasteiger partial charge on any atom is 0.410 e. The molecule has 2 aliphatic heterocycles. The summed E-state index contributed by atoms with van der Waals surface area (Å²) in [5.41, 5.74) is 1.73. The van der Waals surface area contributed by atoms with E-state index in [1.165, 1.54) is 4.68 Å². The van der Waals surface area contributed by atoms with Crippen molar-refractivity contribution in [3.8, 4) is 0 Å². The first kappa shape index (κ1) is 22.0. The van der Waals surface area contributed by atoms with Crippen LogP contribution in [0.2, 0.25) is 0 Å². The van der Waals surface area contributed by atoms with Crippen molar-refractivity contribution in [2.45, 2.75) is 83.7 Å². The molecule has 4 heterocycles. The summed E-state index contributed by atoms with van der Waals surface area (Å²) in [6, 6.07) is 0.00983. The number of likely N-dealkylation sites (tertiary alicyclic amines) is 1. The standard InChI is InChI=1S/C22H31F3N6/c1-4-20-26-11-15(12-27-20)13-30-8-6-5-7-18(30)17-10-21-28-16(14(2)3)9-19(22(23,24)25)31(21)29-17/h10-12,14,16,18-19,28H,4-9,13H2,1-3H3/t16-,18+,19+/m0/s1. The molecule has 0 amide bonds. The quantitative estimate of drug-likeness (QED) is 0.722. The van der Waals surface area contributed by atoms with Crippen LogP contribution in [0.3, 0.4) is 0 Å². The van der Waals surface area contributed by atoms with Gasteiger partial charge in [0.25, 0.3) is 0 Å². The number of hydrogen-bond donors (Lipinski definition) is 1. The number of nitrogens with zero attached hydrogens (tertiary/aromatic N) is 5. The topological polar surface area (TPSA) is 58.9 Å². The number of aromatic nitrogens is 4. The Kier molecular flexibility index (Phi) is 6.23. The van der Waals surface area contributed by atoms with Gasteiger partial charge in [-0.15, -0.1) is 0 Å². The molecule has 1 fully saturated rings. The van der Waals surface area contributed by atoms with E-state index in [0.29, 0.717) is 18.1 Å². The molecule has 0 bridgehead atoms. The molecular formula is C22H31F3N6. The molecule has 170 valence electrons. The number of rotatable bonds is 5. The van der Waals surface area contributed by atoms with Crippen LogP contribution in [0.4, 0.5) is 19.0 Å². The van der Waals surface area contributed by atoms with Crippen molar-refractivity contribution in [2.24, 2.45) is 5.92 Å². The summed E-state index contributed by atoms with van der Waals surface area (Å²) in [5, 5.41) is 7.79. The van der Waals surface area contributed by atoms with Crippen LogP contribution in [0.15, 0.2) is 18.5 Å². The SMILES string of the molecule is CCc1ncc(CN2CCCC[C@@H]2c2cc3n(n2)[C@@H](C(F)(F)F)C[C@@H](C(C)C)N3)cn1. The zero-order valence-electron chi connectivity index (χ0n) is 18.4. The minimum atomic E-state index is -4.32. The van der Waals surface area contributed by atoms with Gasteiger partial charge in [0.15, 0.2) is 6.04 Å². The molecule has 6 nitrogen and oxygen atoms in total. The van der Waals surface area contributed by atoms with Crippen LogP contribution in [-0.2, 0) is 13.0 Å². The molecule has 0 aliphatic carbocycles. The van der Waals surface area contributed by atoms with Crippen molar-refractivity contribution < 1.29 is 13.2 Å². The smallest absolute Gasteiger partial charge is 0.367 e. The van der Waals surface area contributed by atoms with Gasteiger partial charge in [0.2, 0.25) is 0 Å². The van der Waals surface area contributed by atoms with Gasteiger partial charge in [-0.2, -0.15) is 18.3 Å². The highest BCUT2D eigenvalue weighted by Crippen LogP contribution is 2.42. The van der Waals surface area contributed by atoms with Crippen LogP contribution in [0.25, 0.3) is 0 Å². The first-order chi connectivity index (χ1) is 14.8. The van der Waals surface area contributed by atoms with Gasteiger partial charge in [0.05, 0.1) is 11.7 Å². The summed E-state index contributed by atoms with van der Waals surface area (Å²) in [6.07, 6.45) is 3.17. The number of nitrogens with one attached hydrogen (secondary N) is 1. The number of aryl methyl sites for hydroxylation is 1. The lowest BCUT2D eigenvalue weighted by Crippen LogP contribution is -2.41. The minimum absolute atomic E-state index is 0.00475. The number of piperidine rings is 1. The van der Waals surface area contributed by atoms with Crippen molar-refractivity contribution >= 4 is 5.82 Å². The highest BCUT2D eigenvalue weighted by atomic mass is 19.4. The normalized spacial score (nSPS) is 24.8. The van der Waals surface area contributed by atoms with E-state index in [2.05, 4.69) is 25.3 Å². The van der Waals surface area contributed by atoms with Crippen molar-refractivity contribution in [1.29, 1.82) is 0 Å². The second-order valence-corrected chi connectivity index (χ2v) is 9.03. The van der Waals surface area contributed by atoms with Gasteiger partial charge in [-0.1, -0.05) is 27.2 Å². The molecular weight excluding hydrogens is 405 g/mol. The van der Waals surface area contributed by atoms with Crippen molar-refractivity contribution in [1.82, 2.24) is 24.6 Å². The van der Waals surface area contributed by atoms with Gasteiger partial charge in [0.1, 0.15) is 11.6 Å². The van der Waals surface area contributed by atoms with Gasteiger partial charge in [-0.3, -0.25) is 4.90 Å². The van der Waals surface area contributed by atoms with Crippen molar-refractivity contribution in [3.05, 3.63) is 35.5 Å². The Hall–Kier alpha value is -2.16. The van der Waals surface area contributed by atoms with E-state index in [0.717, 1.165) is 43.6 Å². The molecule has 0 radical (unpaired) electrons. The van der Waals surface area contributed by atoms with Gasteiger partial charge >= 0.3 is 6.18 Å². The fourth-order valence-electron chi connectivity index (χ4n) is 4.62. The van der Waals surface area contributed by atoms with Crippen molar-refractivity contribution in [3.63, 3.8) is 0 Å². The Bertz CT molecular complexity index is 876. The van der Waals surface area contributed by atoms with Crippen LogP contribution in [0.1, 0.15) is 75.6 Å². The van der Waals surface area contributed by atoms with E-state index < -0.39 is 12.2 Å². The van der Waals surface area contributed by atoms with Crippen LogP contribution in [0.5, 0.6) is 0 Å².